The van der Waals surface area contributed by atoms with E-state index in [1.54, 1.807) is 20.2 Å². The van der Waals surface area contributed by atoms with Gasteiger partial charge in [-0.3, -0.25) is 9.36 Å². The van der Waals surface area contributed by atoms with Crippen LogP contribution in [-0.2, 0) is 4.79 Å². The second-order valence-electron chi connectivity index (χ2n) is 6.44. The second kappa shape index (κ2) is 6.11. The number of hydrogen-bond donors (Lipinski definition) is 0. The van der Waals surface area contributed by atoms with Crippen molar-refractivity contribution in [3.8, 4) is 5.69 Å². The number of amides is 1. The molecule has 0 N–H and O–H groups in total. The van der Waals surface area contributed by atoms with Gasteiger partial charge in [0.25, 0.3) is 0 Å². The molecule has 3 aromatic rings. The number of hydrogen-bond acceptors (Lipinski definition) is 4. The smallest absolute Gasteiger partial charge is 0.223 e. The predicted molar refractivity (Wildman–Crippen MR) is 97.2 cm³/mol. The molecule has 1 fully saturated rings. The van der Waals surface area contributed by atoms with Crippen LogP contribution in [0.4, 0.5) is 5.69 Å². The van der Waals surface area contributed by atoms with E-state index in [9.17, 15) is 4.79 Å². The first-order chi connectivity index (χ1) is 12.0. The van der Waals surface area contributed by atoms with Crippen molar-refractivity contribution >= 4 is 34.4 Å². The molecule has 1 saturated carbocycles. The molecular weight excluding hydrogens is 338 g/mol. The molecule has 2 heterocycles. The van der Waals surface area contributed by atoms with E-state index in [1.807, 2.05) is 33.7 Å². The maximum atomic E-state index is 12.1. The molecule has 0 spiro atoms. The molecule has 4 rings (SSSR count). The lowest BCUT2D eigenvalue weighted by Gasteiger charge is -2.21. The van der Waals surface area contributed by atoms with Gasteiger partial charge in [0.15, 0.2) is 10.8 Å². The van der Waals surface area contributed by atoms with E-state index in [4.69, 9.17) is 11.6 Å². The number of imidazole rings is 1. The Kier molecular flexibility index (Phi) is 3.92. The highest BCUT2D eigenvalue weighted by atomic mass is 35.5. The summed E-state index contributed by atoms with van der Waals surface area (Å²) in [5, 5.41) is 0.344. The summed E-state index contributed by atoms with van der Waals surface area (Å²) in [4.78, 5) is 26.9. The van der Waals surface area contributed by atoms with E-state index >= 15 is 0 Å². The Labute approximate surface area is 150 Å². The summed E-state index contributed by atoms with van der Waals surface area (Å²) in [6.07, 6.45) is 4.08. The van der Waals surface area contributed by atoms with Crippen LogP contribution in [-0.4, -0.2) is 32.0 Å². The molecule has 7 heteroatoms. The van der Waals surface area contributed by atoms with Crippen LogP contribution < -0.4 is 4.90 Å². The first-order valence-corrected chi connectivity index (χ1v) is 8.66. The minimum atomic E-state index is 0.0563. The number of nitrogens with zero attached hydrogens (tertiary/aromatic N) is 5. The molecule has 0 atom stereocenters. The van der Waals surface area contributed by atoms with Crippen LogP contribution in [0.25, 0.3) is 16.9 Å². The molecule has 25 heavy (non-hydrogen) atoms. The van der Waals surface area contributed by atoms with Crippen LogP contribution in [0.2, 0.25) is 5.15 Å². The summed E-state index contributed by atoms with van der Waals surface area (Å²) in [6.45, 7) is 4.18. The van der Waals surface area contributed by atoms with E-state index < -0.39 is 0 Å². The number of rotatable bonds is 4. The zero-order valence-corrected chi connectivity index (χ0v) is 14.9. The normalized spacial score (nSPS) is 14.0. The molecule has 0 saturated heterocycles. The summed E-state index contributed by atoms with van der Waals surface area (Å²) in [6, 6.07) is 7.84. The molecule has 1 amide bonds. The molecule has 128 valence electrons. The Morgan fingerprint density at radius 3 is 2.88 bits per heavy atom. The van der Waals surface area contributed by atoms with Gasteiger partial charge in [0, 0.05) is 19.2 Å². The topological polar surface area (TPSA) is 63.9 Å². The molecule has 6 nitrogen and oxygen atoms in total. The Balaban J connectivity index is 1.78. The van der Waals surface area contributed by atoms with Gasteiger partial charge < -0.3 is 4.90 Å². The van der Waals surface area contributed by atoms with Crippen LogP contribution in [0.5, 0.6) is 0 Å². The largest absolute Gasteiger partial charge is 0.312 e. The minimum Gasteiger partial charge on any atom is -0.312 e. The molecule has 2 aromatic heterocycles. The third-order valence-electron chi connectivity index (χ3n) is 4.40. The molecule has 1 aromatic carbocycles. The predicted octanol–water partition coefficient (Wildman–Crippen LogP) is 3.54. The van der Waals surface area contributed by atoms with Gasteiger partial charge in [-0.25, -0.2) is 15.0 Å². The highest BCUT2D eigenvalue weighted by Gasteiger charge is 2.26. The van der Waals surface area contributed by atoms with Gasteiger partial charge in [0.05, 0.1) is 5.69 Å². The van der Waals surface area contributed by atoms with Crippen molar-refractivity contribution in [1.29, 1.82) is 0 Å². The number of halogens is 1. The average molecular weight is 356 g/mol. The van der Waals surface area contributed by atoms with Gasteiger partial charge in [-0.05, 0) is 43.9 Å². The van der Waals surface area contributed by atoms with E-state index in [1.165, 1.54) is 12.8 Å². The number of carbonyl (C=O) groups is 1. The van der Waals surface area contributed by atoms with Crippen molar-refractivity contribution in [3.05, 3.63) is 41.6 Å². The van der Waals surface area contributed by atoms with E-state index in [0.717, 1.165) is 17.9 Å². The van der Waals surface area contributed by atoms with E-state index in [0.29, 0.717) is 28.1 Å². The zero-order valence-electron chi connectivity index (χ0n) is 14.1. The quantitative estimate of drug-likeness (QED) is 0.671. The van der Waals surface area contributed by atoms with Gasteiger partial charge in [0.2, 0.25) is 5.91 Å². The molecule has 0 unspecified atom stereocenters. The third-order valence-corrected chi connectivity index (χ3v) is 4.67. The van der Waals surface area contributed by atoms with E-state index in [-0.39, 0.29) is 5.91 Å². The SMILES string of the molecule is CC(=O)N(CC1CC1)c1cccc(-n2cnc3c(Cl)nc(C)nc32)c1. The summed E-state index contributed by atoms with van der Waals surface area (Å²) in [7, 11) is 0. The molecule has 1 aliphatic carbocycles. The fraction of sp³-hybridized carbons (Fsp3) is 0.333. The molecular formula is C18H18ClN5O. The van der Waals surface area contributed by atoms with Crippen molar-refractivity contribution in [3.63, 3.8) is 0 Å². The number of carbonyl (C=O) groups excluding carboxylic acids is 1. The lowest BCUT2D eigenvalue weighted by molar-refractivity contribution is -0.116. The van der Waals surface area contributed by atoms with Crippen molar-refractivity contribution in [2.45, 2.75) is 26.7 Å². The number of fused-ring (bicyclic) bond motifs is 1. The first kappa shape index (κ1) is 16.0. The maximum absolute atomic E-state index is 12.1. The van der Waals surface area contributed by atoms with Crippen LogP contribution in [0, 0.1) is 12.8 Å². The minimum absolute atomic E-state index is 0.0563. The van der Waals surface area contributed by atoms with Crippen molar-refractivity contribution in [2.24, 2.45) is 5.92 Å². The Morgan fingerprint density at radius 1 is 1.36 bits per heavy atom. The van der Waals surface area contributed by atoms with Crippen molar-refractivity contribution < 1.29 is 4.79 Å². The van der Waals surface area contributed by atoms with Gasteiger partial charge >= 0.3 is 0 Å². The zero-order chi connectivity index (χ0) is 17.6. The molecule has 1 aliphatic rings. The van der Waals surface area contributed by atoms with Crippen LogP contribution in [0.1, 0.15) is 25.6 Å². The summed E-state index contributed by atoms with van der Waals surface area (Å²) >= 11 is 6.17. The Hall–Kier alpha value is -2.47. The second-order valence-corrected chi connectivity index (χ2v) is 6.80. The molecule has 0 bridgehead atoms. The number of anilines is 1. The highest BCUT2D eigenvalue weighted by molar-refractivity contribution is 6.33. The number of aryl methyl sites for hydroxylation is 1. The lowest BCUT2D eigenvalue weighted by atomic mass is 10.2. The fourth-order valence-corrected chi connectivity index (χ4v) is 3.20. The summed E-state index contributed by atoms with van der Waals surface area (Å²) in [5.74, 6) is 1.27. The fourth-order valence-electron chi connectivity index (χ4n) is 2.94. The summed E-state index contributed by atoms with van der Waals surface area (Å²) < 4.78 is 1.87. The Morgan fingerprint density at radius 2 is 2.16 bits per heavy atom. The van der Waals surface area contributed by atoms with Crippen molar-refractivity contribution in [1.82, 2.24) is 19.5 Å². The average Bonchev–Trinajstić information content (AvgIpc) is 3.30. The third kappa shape index (κ3) is 3.09. The van der Waals surface area contributed by atoms with Gasteiger partial charge in [-0.15, -0.1) is 0 Å². The Bertz CT molecular complexity index is 963. The monoisotopic (exact) mass is 355 g/mol. The van der Waals surface area contributed by atoms with Gasteiger partial charge in [-0.2, -0.15) is 0 Å². The standard InChI is InChI=1S/C18H18ClN5O/c1-11-21-17(19)16-18(22-11)24(10-20-16)15-5-3-4-14(8-15)23(12(2)25)9-13-6-7-13/h3-5,8,10,13H,6-7,9H2,1-2H3. The number of benzene rings is 1. The van der Waals surface area contributed by atoms with Crippen LogP contribution >= 0.6 is 11.6 Å². The number of aromatic nitrogens is 4. The first-order valence-electron chi connectivity index (χ1n) is 8.28. The maximum Gasteiger partial charge on any atom is 0.223 e. The molecule has 0 aliphatic heterocycles. The molecule has 0 radical (unpaired) electrons. The van der Waals surface area contributed by atoms with Gasteiger partial charge in [-0.1, -0.05) is 17.7 Å². The summed E-state index contributed by atoms with van der Waals surface area (Å²) in [5.41, 5.74) is 3.00. The van der Waals surface area contributed by atoms with Crippen LogP contribution in [0.15, 0.2) is 30.6 Å². The van der Waals surface area contributed by atoms with Crippen LogP contribution in [0.3, 0.4) is 0 Å². The van der Waals surface area contributed by atoms with E-state index in [2.05, 4.69) is 15.0 Å². The van der Waals surface area contributed by atoms with Gasteiger partial charge in [0.1, 0.15) is 17.7 Å². The van der Waals surface area contributed by atoms with Crippen molar-refractivity contribution in [2.75, 3.05) is 11.4 Å². The lowest BCUT2D eigenvalue weighted by Crippen LogP contribution is -2.30. The highest BCUT2D eigenvalue weighted by Crippen LogP contribution is 2.32.